The maximum atomic E-state index is 6.42. The number of para-hydroxylation sites is 2. The standard InChI is InChI=1S/C25H26BNO2/c1-24(2)25(3,4)29-26(28-24)21-15-10-14-20-19-13-8-9-16-22(19)27(23(20)21)17-18-11-6-5-7-12-18/h5-16H,17H2,1-4H3. The second-order valence-corrected chi connectivity index (χ2v) is 8.92. The van der Waals surface area contributed by atoms with Crippen LogP contribution in [0.5, 0.6) is 0 Å². The molecule has 5 rings (SSSR count). The topological polar surface area (TPSA) is 23.4 Å². The third-order valence-electron chi connectivity index (χ3n) is 6.51. The smallest absolute Gasteiger partial charge is 0.399 e. The van der Waals surface area contributed by atoms with Gasteiger partial charge in [-0.05, 0) is 39.3 Å². The third kappa shape index (κ3) is 2.90. The zero-order chi connectivity index (χ0) is 20.2. The van der Waals surface area contributed by atoms with Gasteiger partial charge in [0.2, 0.25) is 0 Å². The highest BCUT2D eigenvalue weighted by Crippen LogP contribution is 2.38. The fourth-order valence-corrected chi connectivity index (χ4v) is 4.23. The van der Waals surface area contributed by atoms with Gasteiger partial charge in [-0.2, -0.15) is 0 Å². The molecule has 0 radical (unpaired) electrons. The molecule has 3 nitrogen and oxygen atoms in total. The van der Waals surface area contributed by atoms with Crippen molar-refractivity contribution < 1.29 is 9.31 Å². The molecule has 0 spiro atoms. The van der Waals surface area contributed by atoms with Crippen molar-refractivity contribution in [2.45, 2.75) is 45.4 Å². The van der Waals surface area contributed by atoms with E-state index < -0.39 is 0 Å². The van der Waals surface area contributed by atoms with Gasteiger partial charge in [-0.1, -0.05) is 66.7 Å². The molecule has 0 amide bonds. The van der Waals surface area contributed by atoms with Crippen LogP contribution in [0, 0.1) is 0 Å². The first-order chi connectivity index (χ1) is 13.9. The summed E-state index contributed by atoms with van der Waals surface area (Å²) < 4.78 is 15.3. The van der Waals surface area contributed by atoms with E-state index in [1.807, 2.05) is 0 Å². The molecule has 2 heterocycles. The summed E-state index contributed by atoms with van der Waals surface area (Å²) in [7, 11) is -0.387. The molecule has 1 fully saturated rings. The highest BCUT2D eigenvalue weighted by molar-refractivity contribution is 6.65. The van der Waals surface area contributed by atoms with Crippen LogP contribution >= 0.6 is 0 Å². The summed E-state index contributed by atoms with van der Waals surface area (Å²) >= 11 is 0. The van der Waals surface area contributed by atoms with Gasteiger partial charge in [-0.3, -0.25) is 0 Å². The first-order valence-corrected chi connectivity index (χ1v) is 10.3. The summed E-state index contributed by atoms with van der Waals surface area (Å²) in [5.74, 6) is 0. The van der Waals surface area contributed by atoms with Crippen molar-refractivity contribution in [1.29, 1.82) is 0 Å². The van der Waals surface area contributed by atoms with Crippen molar-refractivity contribution in [1.82, 2.24) is 4.57 Å². The molecule has 1 aromatic heterocycles. The van der Waals surface area contributed by atoms with Crippen LogP contribution in [-0.2, 0) is 15.9 Å². The van der Waals surface area contributed by atoms with E-state index in [1.165, 1.54) is 27.4 Å². The lowest BCUT2D eigenvalue weighted by Crippen LogP contribution is -2.41. The first kappa shape index (κ1) is 18.5. The highest BCUT2D eigenvalue weighted by atomic mass is 16.7. The molecule has 146 valence electrons. The molecule has 3 aromatic carbocycles. The van der Waals surface area contributed by atoms with Gasteiger partial charge < -0.3 is 13.9 Å². The fraction of sp³-hybridized carbons (Fsp3) is 0.280. The lowest BCUT2D eigenvalue weighted by atomic mass is 9.77. The van der Waals surface area contributed by atoms with Gasteiger partial charge in [-0.15, -0.1) is 0 Å². The van der Waals surface area contributed by atoms with Gasteiger partial charge in [0.25, 0.3) is 0 Å². The predicted molar refractivity (Wildman–Crippen MR) is 121 cm³/mol. The number of benzene rings is 3. The van der Waals surface area contributed by atoms with Crippen LogP contribution in [0.2, 0.25) is 0 Å². The van der Waals surface area contributed by atoms with Crippen LogP contribution in [0.3, 0.4) is 0 Å². The SMILES string of the molecule is CC1(C)OB(c2cccc3c4ccccc4n(Cc4ccccc4)c23)OC1(C)C. The van der Waals surface area contributed by atoms with E-state index in [0.717, 1.165) is 12.0 Å². The molecule has 0 aliphatic carbocycles. The molecule has 4 aromatic rings. The van der Waals surface area contributed by atoms with Crippen molar-refractivity contribution in [3.63, 3.8) is 0 Å². The zero-order valence-electron chi connectivity index (χ0n) is 17.5. The molecule has 1 aliphatic heterocycles. The number of rotatable bonds is 3. The number of fused-ring (bicyclic) bond motifs is 3. The van der Waals surface area contributed by atoms with Crippen molar-refractivity contribution in [3.8, 4) is 0 Å². The summed E-state index contributed by atoms with van der Waals surface area (Å²) in [6.45, 7) is 9.22. The molecular formula is C25H26BNO2. The van der Waals surface area contributed by atoms with Gasteiger partial charge in [0.15, 0.2) is 0 Å². The summed E-state index contributed by atoms with van der Waals surface area (Å²) in [4.78, 5) is 0. The van der Waals surface area contributed by atoms with E-state index in [9.17, 15) is 0 Å². The number of aromatic nitrogens is 1. The number of hydrogen-bond donors (Lipinski definition) is 0. The minimum Gasteiger partial charge on any atom is -0.399 e. The summed E-state index contributed by atoms with van der Waals surface area (Å²) in [5.41, 5.74) is 4.06. The predicted octanol–water partition coefficient (Wildman–Crippen LogP) is 5.14. The molecule has 0 unspecified atom stereocenters. The second-order valence-electron chi connectivity index (χ2n) is 8.92. The lowest BCUT2D eigenvalue weighted by Gasteiger charge is -2.32. The van der Waals surface area contributed by atoms with Crippen molar-refractivity contribution in [2.75, 3.05) is 0 Å². The van der Waals surface area contributed by atoms with Gasteiger partial charge in [0.1, 0.15) is 0 Å². The molecule has 0 saturated carbocycles. The Labute approximate surface area is 172 Å². The van der Waals surface area contributed by atoms with Crippen LogP contribution in [0.1, 0.15) is 33.3 Å². The Morgan fingerprint density at radius 2 is 1.34 bits per heavy atom. The fourth-order valence-electron chi connectivity index (χ4n) is 4.23. The van der Waals surface area contributed by atoms with Crippen LogP contribution < -0.4 is 5.46 Å². The average Bonchev–Trinajstić information content (AvgIpc) is 3.13. The van der Waals surface area contributed by atoms with E-state index in [1.54, 1.807) is 0 Å². The number of hydrogen-bond acceptors (Lipinski definition) is 2. The highest BCUT2D eigenvalue weighted by Gasteiger charge is 2.52. The Bertz CT molecular complexity index is 1180. The van der Waals surface area contributed by atoms with Crippen LogP contribution in [0.25, 0.3) is 21.8 Å². The molecule has 1 saturated heterocycles. The Kier molecular flexibility index (Phi) is 4.13. The summed E-state index contributed by atoms with van der Waals surface area (Å²) in [6, 6.07) is 25.7. The largest absolute Gasteiger partial charge is 0.497 e. The van der Waals surface area contributed by atoms with Crippen LogP contribution in [0.4, 0.5) is 0 Å². The molecule has 4 heteroatoms. The molecule has 29 heavy (non-hydrogen) atoms. The van der Waals surface area contributed by atoms with Crippen LogP contribution in [0.15, 0.2) is 72.8 Å². The van der Waals surface area contributed by atoms with E-state index in [0.29, 0.717) is 0 Å². The molecule has 1 aliphatic rings. The Hall–Kier alpha value is -2.56. The molecule has 0 bridgehead atoms. The molecule has 0 atom stereocenters. The summed E-state index contributed by atoms with van der Waals surface area (Å²) in [5, 5.41) is 2.50. The van der Waals surface area contributed by atoms with Gasteiger partial charge in [0.05, 0.1) is 11.2 Å². The van der Waals surface area contributed by atoms with E-state index in [4.69, 9.17) is 9.31 Å². The van der Waals surface area contributed by atoms with E-state index in [2.05, 4.69) is 105 Å². The third-order valence-corrected chi connectivity index (χ3v) is 6.51. The Morgan fingerprint density at radius 1 is 0.724 bits per heavy atom. The molecular weight excluding hydrogens is 357 g/mol. The van der Waals surface area contributed by atoms with Gasteiger partial charge in [-0.25, -0.2) is 0 Å². The molecule has 0 N–H and O–H groups in total. The van der Waals surface area contributed by atoms with E-state index >= 15 is 0 Å². The normalized spacial score (nSPS) is 18.0. The quantitative estimate of drug-likeness (QED) is 0.457. The Morgan fingerprint density at radius 3 is 2.07 bits per heavy atom. The minimum absolute atomic E-state index is 0.365. The zero-order valence-corrected chi connectivity index (χ0v) is 17.5. The van der Waals surface area contributed by atoms with Crippen LogP contribution in [-0.4, -0.2) is 22.9 Å². The Balaban J connectivity index is 1.74. The van der Waals surface area contributed by atoms with Crippen molar-refractivity contribution in [2.24, 2.45) is 0 Å². The second kappa shape index (κ2) is 6.48. The maximum absolute atomic E-state index is 6.42. The van der Waals surface area contributed by atoms with Gasteiger partial charge in [0, 0.05) is 33.8 Å². The summed E-state index contributed by atoms with van der Waals surface area (Å²) in [6.07, 6.45) is 0. The minimum atomic E-state index is -0.387. The lowest BCUT2D eigenvalue weighted by molar-refractivity contribution is 0.00578. The monoisotopic (exact) mass is 383 g/mol. The van der Waals surface area contributed by atoms with Gasteiger partial charge >= 0.3 is 7.12 Å². The number of nitrogens with zero attached hydrogens (tertiary/aromatic N) is 1. The van der Waals surface area contributed by atoms with Crippen molar-refractivity contribution >= 4 is 34.4 Å². The van der Waals surface area contributed by atoms with Crippen molar-refractivity contribution in [3.05, 3.63) is 78.4 Å². The van der Waals surface area contributed by atoms with E-state index in [-0.39, 0.29) is 18.3 Å². The average molecular weight is 383 g/mol. The maximum Gasteiger partial charge on any atom is 0.497 e. The first-order valence-electron chi connectivity index (χ1n) is 10.3.